The minimum atomic E-state index is -0.660. The molecule has 8 nitrogen and oxygen atoms in total. The molecule has 0 unspecified atom stereocenters. The molecule has 4 heterocycles. The Balaban J connectivity index is 1.35. The highest BCUT2D eigenvalue weighted by atomic mass is 35.5. The van der Waals surface area contributed by atoms with Crippen molar-refractivity contribution in [2.45, 2.75) is 32.0 Å². The number of hydrogen-bond donors (Lipinski definition) is 2. The summed E-state index contributed by atoms with van der Waals surface area (Å²) in [6.45, 7) is 5.19. The van der Waals surface area contributed by atoms with Crippen molar-refractivity contribution in [3.05, 3.63) is 75.5 Å². The first-order valence-corrected chi connectivity index (χ1v) is 14.2. The van der Waals surface area contributed by atoms with Crippen LogP contribution in [0.5, 0.6) is 11.8 Å². The van der Waals surface area contributed by atoms with Gasteiger partial charge in [0.05, 0.1) is 47.5 Å². The smallest absolute Gasteiger partial charge is 0.237 e. The minimum absolute atomic E-state index is 0.428. The van der Waals surface area contributed by atoms with Gasteiger partial charge in [0.15, 0.2) is 0 Å². The van der Waals surface area contributed by atoms with E-state index in [2.05, 4.69) is 21.3 Å². The van der Waals surface area contributed by atoms with Crippen molar-refractivity contribution in [1.29, 1.82) is 0 Å². The van der Waals surface area contributed by atoms with Gasteiger partial charge in [0.25, 0.3) is 0 Å². The number of pyridine rings is 1. The monoisotopic (exact) mass is 591 g/mol. The van der Waals surface area contributed by atoms with E-state index in [4.69, 9.17) is 42.6 Å². The normalized spacial score (nSPS) is 16.1. The topological polar surface area (TPSA) is 92.6 Å². The van der Waals surface area contributed by atoms with Crippen LogP contribution in [-0.2, 0) is 19.5 Å². The summed E-state index contributed by atoms with van der Waals surface area (Å²) in [4.78, 5) is 16.3. The molecule has 1 fully saturated rings. The second-order valence-electron chi connectivity index (χ2n) is 10.8. The Morgan fingerprint density at radius 1 is 0.927 bits per heavy atom. The number of halogens is 2. The number of nitrogens with zero attached hydrogens (tertiary/aromatic N) is 4. The zero-order chi connectivity index (χ0) is 28.7. The van der Waals surface area contributed by atoms with Crippen LogP contribution in [0.25, 0.3) is 33.6 Å². The number of fused-ring (bicyclic) bond motifs is 1. The Morgan fingerprint density at radius 2 is 1.54 bits per heavy atom. The SMILES string of the molecule is COc1nc(-c2cccc(-c3cccc(-c4cc5c(c(OC)n4)CCNC5)c3Cl)c2Cl)cnc1CN1CC(C)(O)C1. The highest BCUT2D eigenvalue weighted by molar-refractivity contribution is 6.39. The third-order valence-electron chi connectivity index (χ3n) is 7.59. The van der Waals surface area contributed by atoms with Gasteiger partial charge in [0.1, 0.15) is 5.69 Å². The summed E-state index contributed by atoms with van der Waals surface area (Å²) in [5, 5.41) is 14.5. The Bertz CT molecular complexity index is 1600. The van der Waals surface area contributed by atoms with Gasteiger partial charge in [-0.15, -0.1) is 0 Å². The number of β-amino-alcohol motifs (C(OH)–C–C–N with tert-alkyl or cyclic N) is 1. The van der Waals surface area contributed by atoms with Crippen molar-refractivity contribution in [3.8, 4) is 45.4 Å². The predicted molar refractivity (Wildman–Crippen MR) is 161 cm³/mol. The molecule has 212 valence electrons. The van der Waals surface area contributed by atoms with E-state index in [-0.39, 0.29) is 0 Å². The Hall–Kier alpha value is -3.27. The molecule has 0 atom stereocenters. The zero-order valence-electron chi connectivity index (χ0n) is 23.2. The number of hydrogen-bond acceptors (Lipinski definition) is 8. The van der Waals surface area contributed by atoms with Crippen LogP contribution in [0.1, 0.15) is 23.7 Å². The molecule has 10 heteroatoms. The zero-order valence-corrected chi connectivity index (χ0v) is 24.7. The van der Waals surface area contributed by atoms with Crippen molar-refractivity contribution in [1.82, 2.24) is 25.2 Å². The van der Waals surface area contributed by atoms with Gasteiger partial charge in [0, 0.05) is 54.0 Å². The van der Waals surface area contributed by atoms with E-state index in [0.717, 1.165) is 58.6 Å². The molecular formula is C31H31Cl2N5O3. The van der Waals surface area contributed by atoms with Crippen LogP contribution in [0.15, 0.2) is 48.7 Å². The molecule has 0 aliphatic carbocycles. The lowest BCUT2D eigenvalue weighted by atomic mass is 9.96. The predicted octanol–water partition coefficient (Wildman–Crippen LogP) is 5.41. The largest absolute Gasteiger partial charge is 0.481 e. The molecule has 41 heavy (non-hydrogen) atoms. The standard InChI is InChI=1S/C31H31Cl2N5O3/c1-31(39)16-38(17-31)15-26-30(41-3)37-25(14-35-26)23-9-5-7-21(28(23)33)20-6-4-8-22(27(20)32)24-12-18-13-34-11-10-19(18)29(36-24)40-2/h4-9,12,14,34,39H,10-11,13,15-17H2,1-3H3. The average molecular weight is 593 g/mol. The number of aromatic nitrogens is 3. The highest BCUT2D eigenvalue weighted by Crippen LogP contribution is 2.43. The van der Waals surface area contributed by atoms with Gasteiger partial charge in [-0.3, -0.25) is 9.88 Å². The van der Waals surface area contributed by atoms with Gasteiger partial charge in [-0.05, 0) is 31.5 Å². The van der Waals surface area contributed by atoms with Gasteiger partial charge in [-0.25, -0.2) is 9.97 Å². The number of methoxy groups -OCH3 is 2. The van der Waals surface area contributed by atoms with Crippen LogP contribution in [0.3, 0.4) is 0 Å². The summed E-state index contributed by atoms with van der Waals surface area (Å²) < 4.78 is 11.2. The quantitative estimate of drug-likeness (QED) is 0.295. The molecule has 2 aliphatic rings. The summed E-state index contributed by atoms with van der Waals surface area (Å²) in [5.74, 6) is 1.06. The number of aliphatic hydroxyl groups is 1. The van der Waals surface area contributed by atoms with Crippen LogP contribution in [0.2, 0.25) is 10.0 Å². The molecule has 6 rings (SSSR count). The van der Waals surface area contributed by atoms with Crippen molar-refractivity contribution in [2.24, 2.45) is 0 Å². The second-order valence-corrected chi connectivity index (χ2v) is 11.5. The van der Waals surface area contributed by atoms with Crippen LogP contribution < -0.4 is 14.8 Å². The van der Waals surface area contributed by atoms with E-state index in [0.29, 0.717) is 52.8 Å². The summed E-state index contributed by atoms with van der Waals surface area (Å²) in [5.41, 5.74) is 6.76. The van der Waals surface area contributed by atoms with Gasteiger partial charge in [0.2, 0.25) is 11.8 Å². The van der Waals surface area contributed by atoms with E-state index in [9.17, 15) is 5.11 Å². The lowest BCUT2D eigenvalue weighted by molar-refractivity contribution is -0.0878. The van der Waals surface area contributed by atoms with Crippen molar-refractivity contribution in [3.63, 3.8) is 0 Å². The van der Waals surface area contributed by atoms with Crippen LogP contribution in [0, 0.1) is 0 Å². The average Bonchev–Trinajstić information content (AvgIpc) is 2.96. The summed E-state index contributed by atoms with van der Waals surface area (Å²) in [6, 6.07) is 13.7. The summed E-state index contributed by atoms with van der Waals surface area (Å²) in [7, 11) is 3.23. The maximum atomic E-state index is 10.1. The molecule has 0 spiro atoms. The fourth-order valence-corrected chi connectivity index (χ4v) is 6.33. The van der Waals surface area contributed by atoms with Crippen LogP contribution in [0.4, 0.5) is 0 Å². The third-order valence-corrected chi connectivity index (χ3v) is 8.40. The number of rotatable bonds is 7. The molecule has 0 saturated carbocycles. The molecule has 4 aromatic rings. The van der Waals surface area contributed by atoms with Crippen molar-refractivity contribution >= 4 is 23.2 Å². The van der Waals surface area contributed by atoms with E-state index in [1.807, 2.05) is 43.3 Å². The lowest BCUT2D eigenvalue weighted by Gasteiger charge is -2.44. The molecule has 2 aromatic carbocycles. The summed E-state index contributed by atoms with van der Waals surface area (Å²) >= 11 is 14.1. The first kappa shape index (κ1) is 27.9. The minimum Gasteiger partial charge on any atom is -0.481 e. The van der Waals surface area contributed by atoms with Crippen LogP contribution >= 0.6 is 23.2 Å². The third kappa shape index (κ3) is 5.38. The van der Waals surface area contributed by atoms with E-state index < -0.39 is 5.60 Å². The maximum absolute atomic E-state index is 10.1. The van der Waals surface area contributed by atoms with Crippen molar-refractivity contribution < 1.29 is 14.6 Å². The van der Waals surface area contributed by atoms with E-state index in [1.165, 1.54) is 0 Å². The fraction of sp³-hybridized carbons (Fsp3) is 0.323. The van der Waals surface area contributed by atoms with Crippen molar-refractivity contribution in [2.75, 3.05) is 33.9 Å². The Kier molecular flexibility index (Phi) is 7.61. The molecule has 2 aromatic heterocycles. The molecule has 2 aliphatic heterocycles. The van der Waals surface area contributed by atoms with E-state index >= 15 is 0 Å². The fourth-order valence-electron chi connectivity index (χ4n) is 5.68. The number of likely N-dealkylation sites (tertiary alicyclic amines) is 1. The number of benzene rings is 2. The first-order valence-electron chi connectivity index (χ1n) is 13.5. The van der Waals surface area contributed by atoms with Crippen LogP contribution in [-0.4, -0.2) is 64.4 Å². The number of nitrogens with one attached hydrogen (secondary N) is 1. The molecular weight excluding hydrogens is 561 g/mol. The summed E-state index contributed by atoms with van der Waals surface area (Å²) in [6.07, 6.45) is 2.58. The Morgan fingerprint density at radius 3 is 2.17 bits per heavy atom. The maximum Gasteiger partial charge on any atom is 0.237 e. The van der Waals surface area contributed by atoms with Gasteiger partial charge in [-0.1, -0.05) is 59.6 Å². The number of ether oxygens (including phenoxy) is 2. The molecule has 1 saturated heterocycles. The molecule has 2 N–H and O–H groups in total. The van der Waals surface area contributed by atoms with E-state index in [1.54, 1.807) is 20.4 Å². The molecule has 0 radical (unpaired) electrons. The molecule has 0 bridgehead atoms. The Labute approximate surface area is 249 Å². The lowest BCUT2D eigenvalue weighted by Crippen LogP contribution is -2.59. The van der Waals surface area contributed by atoms with Gasteiger partial charge >= 0.3 is 0 Å². The first-order chi connectivity index (χ1) is 19.8. The second kappa shape index (κ2) is 11.2. The van der Waals surface area contributed by atoms with Gasteiger partial charge in [-0.2, -0.15) is 0 Å². The highest BCUT2D eigenvalue weighted by Gasteiger charge is 2.37. The van der Waals surface area contributed by atoms with Gasteiger partial charge < -0.3 is 19.9 Å². The molecule has 0 amide bonds.